The van der Waals surface area contributed by atoms with E-state index in [0.29, 0.717) is 11.1 Å². The minimum Gasteiger partial charge on any atom is -0.456 e. The minimum atomic E-state index is -0.735. The predicted octanol–water partition coefficient (Wildman–Crippen LogP) is -0.000200. The third-order valence-corrected chi connectivity index (χ3v) is 5.62. The molecule has 0 aromatic heterocycles. The molecule has 0 radical (unpaired) electrons. The molecule has 0 bridgehead atoms. The quantitative estimate of drug-likeness (QED) is 0.300. The van der Waals surface area contributed by atoms with Gasteiger partial charge in [0.15, 0.2) is 0 Å². The van der Waals surface area contributed by atoms with Crippen LogP contribution in [0.15, 0.2) is 42.0 Å². The van der Waals surface area contributed by atoms with E-state index in [1.54, 1.807) is 50.5 Å². The van der Waals surface area contributed by atoms with Crippen molar-refractivity contribution in [2.24, 2.45) is 0 Å². The number of esters is 1. The van der Waals surface area contributed by atoms with Crippen molar-refractivity contribution >= 4 is 29.8 Å². The van der Waals surface area contributed by atoms with E-state index < -0.39 is 24.3 Å². The molecule has 1 aromatic carbocycles. The van der Waals surface area contributed by atoms with E-state index in [4.69, 9.17) is 19.3 Å². The Labute approximate surface area is 209 Å². The molecule has 194 valence electrons. The van der Waals surface area contributed by atoms with Crippen molar-refractivity contribution in [2.45, 2.75) is 31.2 Å². The van der Waals surface area contributed by atoms with Gasteiger partial charge in [0.25, 0.3) is 0 Å². The van der Waals surface area contributed by atoms with Gasteiger partial charge in [-0.3, -0.25) is 14.4 Å². The summed E-state index contributed by atoms with van der Waals surface area (Å²) in [6.07, 6.45) is 3.14. The van der Waals surface area contributed by atoms with Gasteiger partial charge in [-0.05, 0) is 29.8 Å². The van der Waals surface area contributed by atoms with Crippen LogP contribution in [0.25, 0.3) is 6.08 Å². The third kappa shape index (κ3) is 7.48. The third-order valence-electron chi connectivity index (χ3n) is 5.62. The molecule has 11 heteroatoms. The summed E-state index contributed by atoms with van der Waals surface area (Å²) in [6.45, 7) is 0.131. The van der Waals surface area contributed by atoms with Gasteiger partial charge < -0.3 is 34.9 Å². The number of aliphatic hydroxyl groups excluding tert-OH is 1. The van der Waals surface area contributed by atoms with Gasteiger partial charge in [-0.2, -0.15) is 0 Å². The molecule has 1 aromatic rings. The summed E-state index contributed by atoms with van der Waals surface area (Å²) >= 11 is 0. The normalized spacial score (nSPS) is 20.9. The number of rotatable bonds is 10. The predicted molar refractivity (Wildman–Crippen MR) is 128 cm³/mol. The maximum absolute atomic E-state index is 12.8. The van der Waals surface area contributed by atoms with E-state index in [-0.39, 0.29) is 57.1 Å². The topological polar surface area (TPSA) is 144 Å². The summed E-state index contributed by atoms with van der Waals surface area (Å²) in [5.41, 5.74) is 1.44. The molecule has 0 spiro atoms. The molecule has 1 fully saturated rings. The second-order valence-corrected chi connectivity index (χ2v) is 8.49. The van der Waals surface area contributed by atoms with Gasteiger partial charge in [0.1, 0.15) is 25.1 Å². The van der Waals surface area contributed by atoms with Gasteiger partial charge in [-0.1, -0.05) is 12.1 Å². The zero-order valence-corrected chi connectivity index (χ0v) is 20.3. The fourth-order valence-corrected chi connectivity index (χ4v) is 3.66. The molecule has 1 aliphatic carbocycles. The number of carbonyl (C=O) groups is 4. The van der Waals surface area contributed by atoms with Crippen molar-refractivity contribution in [1.82, 2.24) is 15.5 Å². The van der Waals surface area contributed by atoms with E-state index in [1.807, 2.05) is 0 Å². The summed E-state index contributed by atoms with van der Waals surface area (Å²) < 4.78 is 16.8. The molecule has 1 aliphatic heterocycles. The van der Waals surface area contributed by atoms with Crippen molar-refractivity contribution in [3.63, 3.8) is 0 Å². The van der Waals surface area contributed by atoms with Crippen LogP contribution in [-0.2, 0) is 28.6 Å². The number of fused-ring (bicyclic) bond motifs is 1. The highest BCUT2D eigenvalue weighted by atomic mass is 16.7. The molecular weight excluding hydrogens is 470 g/mol. The number of ether oxygens (including phenoxy) is 3. The van der Waals surface area contributed by atoms with Gasteiger partial charge in [-0.25, -0.2) is 4.79 Å². The first-order valence-electron chi connectivity index (χ1n) is 11.6. The van der Waals surface area contributed by atoms with Crippen LogP contribution in [0.2, 0.25) is 0 Å². The first-order valence-corrected chi connectivity index (χ1v) is 11.6. The largest absolute Gasteiger partial charge is 0.456 e. The zero-order valence-electron chi connectivity index (χ0n) is 20.3. The Morgan fingerprint density at radius 2 is 1.86 bits per heavy atom. The average molecular weight is 502 g/mol. The number of hydrogen-bond donors (Lipinski definition) is 3. The van der Waals surface area contributed by atoms with Crippen LogP contribution < -0.4 is 10.6 Å². The second kappa shape index (κ2) is 13.0. The van der Waals surface area contributed by atoms with Crippen molar-refractivity contribution in [2.75, 3.05) is 40.6 Å². The number of likely N-dealkylation sites (N-methyl/N-ethyl adjacent to an activating group) is 1. The average Bonchev–Trinajstić information content (AvgIpc) is 3.35. The molecule has 11 nitrogen and oxygen atoms in total. The Hall–Kier alpha value is -3.54. The molecule has 3 N–H and O–H groups in total. The standard InChI is InChI=1S/C25H31N3O8/c1-28(2)22(31)8-5-16-3-6-17(7-4-16)25(33)36-20-14-18(13-19-23(20)35-15-34-19)24(32)27-10-9-21(30)26-11-12-29/h3-8,13,19-20,23,29H,9-12,14-15H2,1-2H3,(H,26,30)(H,27,32)/t19-,20-,23-/m1/s1. The number of benzene rings is 1. The van der Waals surface area contributed by atoms with E-state index in [1.165, 1.54) is 11.0 Å². The first-order chi connectivity index (χ1) is 17.3. The molecule has 3 amide bonds. The SMILES string of the molecule is CN(C)C(=O)C=Cc1ccc(C(=O)O[C@@H]2CC(C(=O)NCCC(=O)NCCO)=C[C@H]3OCO[C@H]32)cc1. The first kappa shape index (κ1) is 27.1. The van der Waals surface area contributed by atoms with Gasteiger partial charge in [-0.15, -0.1) is 0 Å². The maximum Gasteiger partial charge on any atom is 0.338 e. The number of hydrogen-bond acceptors (Lipinski definition) is 8. The molecule has 2 aliphatic rings. The molecule has 0 saturated carbocycles. The lowest BCUT2D eigenvalue weighted by atomic mass is 9.91. The van der Waals surface area contributed by atoms with Crippen LogP contribution in [-0.4, -0.2) is 92.6 Å². The Morgan fingerprint density at radius 3 is 2.56 bits per heavy atom. The highest BCUT2D eigenvalue weighted by molar-refractivity contribution is 5.95. The molecule has 1 saturated heterocycles. The maximum atomic E-state index is 12.8. The lowest BCUT2D eigenvalue weighted by Crippen LogP contribution is -2.43. The van der Waals surface area contributed by atoms with Crippen LogP contribution in [0.1, 0.15) is 28.8 Å². The Kier molecular flexibility index (Phi) is 9.74. The molecule has 3 atom stereocenters. The fraction of sp³-hybridized carbons (Fsp3) is 0.440. The number of nitrogens with zero attached hydrogens (tertiary/aromatic N) is 1. The van der Waals surface area contributed by atoms with Crippen LogP contribution in [0, 0.1) is 0 Å². The van der Waals surface area contributed by atoms with Crippen molar-refractivity contribution in [3.05, 3.63) is 53.1 Å². The lowest BCUT2D eigenvalue weighted by molar-refractivity contribution is -0.124. The van der Waals surface area contributed by atoms with Gasteiger partial charge in [0.2, 0.25) is 17.7 Å². The summed E-state index contributed by atoms with van der Waals surface area (Å²) in [6, 6.07) is 6.59. The molecule has 36 heavy (non-hydrogen) atoms. The number of carbonyl (C=O) groups excluding carboxylic acids is 4. The van der Waals surface area contributed by atoms with E-state index in [0.717, 1.165) is 5.56 Å². The summed E-state index contributed by atoms with van der Waals surface area (Å²) in [4.78, 5) is 50.2. The number of aliphatic hydroxyl groups is 1. The monoisotopic (exact) mass is 501 g/mol. The van der Waals surface area contributed by atoms with Crippen molar-refractivity contribution in [1.29, 1.82) is 0 Å². The molecule has 0 unspecified atom stereocenters. The highest BCUT2D eigenvalue weighted by Crippen LogP contribution is 2.30. The van der Waals surface area contributed by atoms with E-state index in [2.05, 4.69) is 10.6 Å². The van der Waals surface area contributed by atoms with E-state index >= 15 is 0 Å². The van der Waals surface area contributed by atoms with Gasteiger partial charge >= 0.3 is 5.97 Å². The van der Waals surface area contributed by atoms with E-state index in [9.17, 15) is 19.2 Å². The Bertz CT molecular complexity index is 1020. The van der Waals surface area contributed by atoms with Crippen LogP contribution >= 0.6 is 0 Å². The Balaban J connectivity index is 1.58. The second-order valence-electron chi connectivity index (χ2n) is 8.49. The number of amides is 3. The minimum absolute atomic E-state index is 0.0203. The lowest BCUT2D eigenvalue weighted by Gasteiger charge is -2.30. The summed E-state index contributed by atoms with van der Waals surface area (Å²) in [5.74, 6) is -1.39. The van der Waals surface area contributed by atoms with Gasteiger partial charge in [0, 0.05) is 51.7 Å². The summed E-state index contributed by atoms with van der Waals surface area (Å²) in [7, 11) is 3.31. The van der Waals surface area contributed by atoms with Crippen LogP contribution in [0.4, 0.5) is 0 Å². The van der Waals surface area contributed by atoms with Crippen LogP contribution in [0.3, 0.4) is 0 Å². The molecule has 3 rings (SSSR count). The number of nitrogens with one attached hydrogen (secondary N) is 2. The van der Waals surface area contributed by atoms with Crippen molar-refractivity contribution in [3.8, 4) is 0 Å². The Morgan fingerprint density at radius 1 is 1.11 bits per heavy atom. The summed E-state index contributed by atoms with van der Waals surface area (Å²) in [5, 5.41) is 13.9. The van der Waals surface area contributed by atoms with Gasteiger partial charge in [0.05, 0.1) is 12.2 Å². The zero-order chi connectivity index (χ0) is 26.1. The molecule has 1 heterocycles. The van der Waals surface area contributed by atoms with Crippen molar-refractivity contribution < 1.29 is 38.5 Å². The highest BCUT2D eigenvalue weighted by Gasteiger charge is 2.42. The van der Waals surface area contributed by atoms with Crippen LogP contribution in [0.5, 0.6) is 0 Å². The smallest absolute Gasteiger partial charge is 0.338 e. The fourth-order valence-electron chi connectivity index (χ4n) is 3.66. The molecular formula is C25H31N3O8.